The molecule has 0 rings (SSSR count). The van der Waals surface area contributed by atoms with Crippen molar-refractivity contribution in [1.82, 2.24) is 10.3 Å². The average Bonchev–Trinajstić information content (AvgIpc) is 2.93. The number of nitrogens with one attached hydrogen (secondary N) is 1. The molecule has 0 amide bonds. The summed E-state index contributed by atoms with van der Waals surface area (Å²) in [6, 6.07) is 0. The van der Waals surface area contributed by atoms with E-state index in [1.54, 1.807) is 0 Å². The van der Waals surface area contributed by atoms with Gasteiger partial charge in [0.15, 0.2) is 0 Å². The van der Waals surface area contributed by atoms with Gasteiger partial charge in [0.25, 0.3) is 0 Å². The van der Waals surface area contributed by atoms with Gasteiger partial charge in [-0.05, 0) is 90.6 Å². The maximum Gasteiger partial charge on any atom is 0.0456 e. The molecular formula is C37H71N3. The third-order valence-corrected chi connectivity index (χ3v) is 7.63. The van der Waals surface area contributed by atoms with Gasteiger partial charge in [-0.15, -0.1) is 0 Å². The molecular weight excluding hydrogens is 486 g/mol. The van der Waals surface area contributed by atoms with Gasteiger partial charge >= 0.3 is 0 Å². The lowest BCUT2D eigenvalue weighted by Crippen LogP contribution is -2.24. The Balaban J connectivity index is 3.92. The van der Waals surface area contributed by atoms with E-state index in [-0.39, 0.29) is 0 Å². The molecule has 0 saturated heterocycles. The maximum absolute atomic E-state index is 4.81. The van der Waals surface area contributed by atoms with Gasteiger partial charge in [0.05, 0.1) is 0 Å². The number of likely N-dealkylation sites (N-methyl/N-ethyl adjacent to an activating group) is 1. The summed E-state index contributed by atoms with van der Waals surface area (Å²) in [5.74, 6) is 0.850. The van der Waals surface area contributed by atoms with Crippen molar-refractivity contribution < 1.29 is 0 Å². The second-order valence-corrected chi connectivity index (χ2v) is 12.3. The van der Waals surface area contributed by atoms with Crippen molar-refractivity contribution in [2.75, 3.05) is 27.2 Å². The summed E-state index contributed by atoms with van der Waals surface area (Å²) < 4.78 is 0. The van der Waals surface area contributed by atoms with Crippen LogP contribution in [0.1, 0.15) is 162 Å². The number of hydrazone groups is 1. The van der Waals surface area contributed by atoms with Gasteiger partial charge in [0.2, 0.25) is 0 Å². The minimum absolute atomic E-state index is 0.850. The van der Waals surface area contributed by atoms with Crippen LogP contribution in [0.2, 0.25) is 0 Å². The van der Waals surface area contributed by atoms with E-state index in [1.807, 2.05) is 0 Å². The molecule has 40 heavy (non-hydrogen) atoms. The van der Waals surface area contributed by atoms with E-state index in [2.05, 4.69) is 81.6 Å². The monoisotopic (exact) mass is 558 g/mol. The van der Waals surface area contributed by atoms with Crippen molar-refractivity contribution in [3.8, 4) is 0 Å². The van der Waals surface area contributed by atoms with Gasteiger partial charge in [-0.3, -0.25) is 0 Å². The van der Waals surface area contributed by atoms with Gasteiger partial charge in [0, 0.05) is 18.8 Å². The number of allylic oxidation sites excluding steroid dienone is 6. The molecule has 3 heteroatoms. The second-order valence-electron chi connectivity index (χ2n) is 12.3. The topological polar surface area (TPSA) is 27.6 Å². The van der Waals surface area contributed by atoms with Crippen molar-refractivity contribution in [2.45, 2.75) is 162 Å². The minimum atomic E-state index is 0.850. The summed E-state index contributed by atoms with van der Waals surface area (Å²) in [5, 5.41) is 4.81. The molecule has 0 aromatic carbocycles. The van der Waals surface area contributed by atoms with Crippen LogP contribution >= 0.6 is 0 Å². The molecule has 1 atom stereocenters. The molecule has 0 aromatic rings. The summed E-state index contributed by atoms with van der Waals surface area (Å²) in [6.45, 7) is 8.87. The number of unbranched alkanes of at least 4 members (excludes halogenated alkanes) is 13. The molecule has 3 nitrogen and oxygen atoms in total. The Morgan fingerprint density at radius 2 is 1.18 bits per heavy atom. The van der Waals surface area contributed by atoms with Gasteiger partial charge < -0.3 is 10.3 Å². The lowest BCUT2D eigenvalue weighted by atomic mass is 10.0. The maximum atomic E-state index is 4.81. The van der Waals surface area contributed by atoms with Crippen molar-refractivity contribution in [1.29, 1.82) is 0 Å². The Morgan fingerprint density at radius 3 is 1.73 bits per heavy atom. The number of rotatable bonds is 30. The standard InChI is InChI=1S/C37H71N3/c1-6-8-9-10-11-12-13-14-15-16-19-22-25-28-32-37(39-38-34-35-40(4)5)33-29-26-23-20-17-18-21-24-27-31-36(3)30-7-2/h9-10,12-13,24,27,36,38H,6-8,11,14-23,25-26,28-35H2,1-5H3/b10-9-,13-12-,27-24-,39-37?. The van der Waals surface area contributed by atoms with Crippen molar-refractivity contribution in [3.05, 3.63) is 36.5 Å². The zero-order valence-electron chi connectivity index (χ0n) is 27.9. The highest BCUT2D eigenvalue weighted by Crippen LogP contribution is 2.14. The molecule has 0 aliphatic heterocycles. The zero-order valence-corrected chi connectivity index (χ0v) is 27.9. The molecule has 0 spiro atoms. The highest BCUT2D eigenvalue weighted by Gasteiger charge is 2.02. The van der Waals surface area contributed by atoms with Crippen molar-refractivity contribution in [3.63, 3.8) is 0 Å². The number of hydrogen-bond acceptors (Lipinski definition) is 3. The Labute approximate surface area is 252 Å². The number of hydrogen-bond donors (Lipinski definition) is 1. The average molecular weight is 558 g/mol. The van der Waals surface area contributed by atoms with E-state index in [4.69, 9.17) is 5.10 Å². The minimum Gasteiger partial charge on any atom is -0.309 e. The van der Waals surface area contributed by atoms with Gasteiger partial charge in [-0.25, -0.2) is 0 Å². The normalized spacial score (nSPS) is 13.5. The Bertz CT molecular complexity index is 617. The van der Waals surface area contributed by atoms with Crippen LogP contribution in [0.3, 0.4) is 0 Å². The molecule has 0 aliphatic rings. The predicted molar refractivity (Wildman–Crippen MR) is 183 cm³/mol. The van der Waals surface area contributed by atoms with Gasteiger partial charge in [-0.1, -0.05) is 128 Å². The first-order chi connectivity index (χ1) is 19.6. The van der Waals surface area contributed by atoms with Crippen LogP contribution in [0.4, 0.5) is 0 Å². The fourth-order valence-electron chi connectivity index (χ4n) is 5.01. The third kappa shape index (κ3) is 31.2. The molecule has 1 unspecified atom stereocenters. The van der Waals surface area contributed by atoms with Crippen LogP contribution in [-0.4, -0.2) is 37.8 Å². The van der Waals surface area contributed by atoms with Gasteiger partial charge in [-0.2, -0.15) is 5.10 Å². The predicted octanol–water partition coefficient (Wildman–Crippen LogP) is 11.4. The highest BCUT2D eigenvalue weighted by atomic mass is 15.3. The van der Waals surface area contributed by atoms with E-state index in [0.717, 1.165) is 25.4 Å². The number of nitrogens with zero attached hydrogens (tertiary/aromatic N) is 2. The first-order valence-electron chi connectivity index (χ1n) is 17.5. The summed E-state index contributed by atoms with van der Waals surface area (Å²) in [7, 11) is 4.25. The van der Waals surface area contributed by atoms with Crippen LogP contribution in [-0.2, 0) is 0 Å². The molecule has 0 bridgehead atoms. The summed E-state index contributed by atoms with van der Waals surface area (Å²) in [4.78, 5) is 2.21. The van der Waals surface area contributed by atoms with Gasteiger partial charge in [0.1, 0.15) is 0 Å². The lowest BCUT2D eigenvalue weighted by molar-refractivity contribution is 0.402. The van der Waals surface area contributed by atoms with Crippen molar-refractivity contribution >= 4 is 5.71 Å². The molecule has 0 aliphatic carbocycles. The first-order valence-corrected chi connectivity index (χ1v) is 17.5. The Hall–Kier alpha value is -1.35. The molecule has 0 fully saturated rings. The summed E-state index contributed by atoms with van der Waals surface area (Å²) >= 11 is 0. The van der Waals surface area contributed by atoms with E-state index in [1.165, 1.54) is 141 Å². The fraction of sp³-hybridized carbons (Fsp3) is 0.811. The van der Waals surface area contributed by atoms with E-state index >= 15 is 0 Å². The lowest BCUT2D eigenvalue weighted by Gasteiger charge is -2.11. The van der Waals surface area contributed by atoms with Crippen LogP contribution in [0.5, 0.6) is 0 Å². The van der Waals surface area contributed by atoms with Crippen LogP contribution in [0.15, 0.2) is 41.6 Å². The smallest absolute Gasteiger partial charge is 0.0456 e. The van der Waals surface area contributed by atoms with E-state index in [0.29, 0.717) is 0 Å². The highest BCUT2D eigenvalue weighted by molar-refractivity contribution is 5.84. The van der Waals surface area contributed by atoms with Crippen molar-refractivity contribution in [2.24, 2.45) is 11.0 Å². The molecule has 0 radical (unpaired) electrons. The molecule has 0 saturated carbocycles. The largest absolute Gasteiger partial charge is 0.309 e. The van der Waals surface area contributed by atoms with E-state index < -0.39 is 0 Å². The quantitative estimate of drug-likeness (QED) is 0.0411. The molecule has 0 heterocycles. The summed E-state index contributed by atoms with van der Waals surface area (Å²) in [5.41, 5.74) is 4.75. The molecule has 1 N–H and O–H groups in total. The fourth-order valence-corrected chi connectivity index (χ4v) is 5.01. The van der Waals surface area contributed by atoms with Crippen LogP contribution in [0, 0.1) is 5.92 Å². The Morgan fingerprint density at radius 1 is 0.650 bits per heavy atom. The summed E-state index contributed by atoms with van der Waals surface area (Å²) in [6.07, 6.45) is 42.8. The third-order valence-electron chi connectivity index (χ3n) is 7.63. The SMILES string of the molecule is CCC/C=C\C/C=C\CCCCCCCCC(CCCCCCCC/C=C\CC(C)CCC)=NNCCN(C)C. The first kappa shape index (κ1) is 38.6. The van der Waals surface area contributed by atoms with Crippen LogP contribution < -0.4 is 5.43 Å². The molecule has 234 valence electrons. The molecule has 0 aromatic heterocycles. The van der Waals surface area contributed by atoms with Crippen LogP contribution in [0.25, 0.3) is 0 Å². The zero-order chi connectivity index (χ0) is 29.4. The Kier molecular flexibility index (Phi) is 31.1. The second kappa shape index (κ2) is 32.2. The van der Waals surface area contributed by atoms with E-state index in [9.17, 15) is 0 Å².